The van der Waals surface area contributed by atoms with Crippen molar-refractivity contribution in [1.82, 2.24) is 10.3 Å². The van der Waals surface area contributed by atoms with Crippen molar-refractivity contribution in [2.75, 3.05) is 13.1 Å². The lowest BCUT2D eigenvalue weighted by molar-refractivity contribution is -0.138. The maximum Gasteiger partial charge on any atom is 0.270 e. The molecule has 2 heterocycles. The third kappa shape index (κ3) is 4.20. The Bertz CT molecular complexity index is 630. The fraction of sp³-hybridized carbons (Fsp3) is 0.500. The smallest absolute Gasteiger partial charge is 0.270 e. The van der Waals surface area contributed by atoms with Crippen LogP contribution in [0.4, 0.5) is 0 Å². The van der Waals surface area contributed by atoms with Crippen LogP contribution in [-0.4, -0.2) is 47.7 Å². The number of nitrogens with one attached hydrogen (secondary N) is 1. The van der Waals surface area contributed by atoms with Gasteiger partial charge in [0.2, 0.25) is 5.91 Å². The molecule has 2 aliphatic heterocycles. The molecular weight excluding hydrogens is 306 g/mol. The molecule has 0 spiro atoms. The summed E-state index contributed by atoms with van der Waals surface area (Å²) in [5, 5.41) is 3.91. The van der Waals surface area contributed by atoms with Crippen LogP contribution in [0.3, 0.4) is 0 Å². The van der Waals surface area contributed by atoms with E-state index in [4.69, 9.17) is 4.74 Å². The minimum absolute atomic E-state index is 0.00209. The number of aryl methyl sites for hydroxylation is 1. The number of amides is 2. The molecule has 0 aliphatic carbocycles. The summed E-state index contributed by atoms with van der Waals surface area (Å²) >= 11 is 0. The first-order valence-corrected chi connectivity index (χ1v) is 8.46. The summed E-state index contributed by atoms with van der Waals surface area (Å²) in [5.74, 6) is -0.225. The molecule has 128 valence electrons. The minimum Gasteiger partial charge on any atom is -0.372 e. The van der Waals surface area contributed by atoms with Gasteiger partial charge in [-0.3, -0.25) is 9.59 Å². The highest BCUT2D eigenvalue weighted by Gasteiger charge is 2.31. The molecule has 0 saturated carbocycles. The summed E-state index contributed by atoms with van der Waals surface area (Å²) in [6, 6.07) is 10.3. The molecule has 6 heteroatoms. The molecule has 2 unspecified atom stereocenters. The van der Waals surface area contributed by atoms with Gasteiger partial charge in [-0.15, -0.1) is 0 Å². The maximum absolute atomic E-state index is 12.6. The van der Waals surface area contributed by atoms with Gasteiger partial charge in [-0.2, -0.15) is 5.10 Å². The lowest BCUT2D eigenvalue weighted by Gasteiger charge is -2.37. The van der Waals surface area contributed by atoms with Gasteiger partial charge in [-0.1, -0.05) is 30.3 Å². The van der Waals surface area contributed by atoms with E-state index < -0.39 is 0 Å². The highest BCUT2D eigenvalue weighted by molar-refractivity contribution is 6.39. The number of morpholine rings is 1. The third-order valence-corrected chi connectivity index (χ3v) is 4.36. The van der Waals surface area contributed by atoms with Crippen LogP contribution in [-0.2, 0) is 20.7 Å². The quantitative estimate of drug-likeness (QED) is 0.910. The van der Waals surface area contributed by atoms with Gasteiger partial charge in [0.25, 0.3) is 5.91 Å². The van der Waals surface area contributed by atoms with Crippen molar-refractivity contribution in [3.63, 3.8) is 0 Å². The standard InChI is InChI=1S/C18H23N3O3/c1-13-11-21(18(23)16-9-10-17(22)20-19-16)12-15(24-13)8-7-14-5-3-2-4-6-14/h2-6,13,15H,7-12H2,1H3,(H,20,22). The molecular formula is C18H23N3O3. The SMILES string of the molecule is CC1CN(C(=O)C2=NNC(=O)CC2)CC(CCc2ccccc2)O1. The van der Waals surface area contributed by atoms with Gasteiger partial charge in [-0.25, -0.2) is 5.43 Å². The minimum atomic E-state index is -0.136. The summed E-state index contributed by atoms with van der Waals surface area (Å²) in [6.07, 6.45) is 2.56. The van der Waals surface area contributed by atoms with E-state index in [9.17, 15) is 9.59 Å². The number of carbonyl (C=O) groups excluding carboxylic acids is 2. The average Bonchev–Trinajstić information content (AvgIpc) is 2.60. The second-order valence-corrected chi connectivity index (χ2v) is 6.40. The van der Waals surface area contributed by atoms with E-state index in [1.807, 2.05) is 25.1 Å². The number of hydrazone groups is 1. The highest BCUT2D eigenvalue weighted by Crippen LogP contribution is 2.17. The van der Waals surface area contributed by atoms with Crippen LogP contribution >= 0.6 is 0 Å². The summed E-state index contributed by atoms with van der Waals surface area (Å²) in [4.78, 5) is 25.6. The zero-order chi connectivity index (χ0) is 16.9. The number of rotatable bonds is 4. The molecule has 1 aromatic carbocycles. The Balaban J connectivity index is 1.58. The van der Waals surface area contributed by atoms with E-state index in [2.05, 4.69) is 22.7 Å². The predicted octanol–water partition coefficient (Wildman–Crippen LogP) is 1.50. The number of carbonyl (C=O) groups is 2. The number of benzene rings is 1. The number of nitrogens with zero attached hydrogens (tertiary/aromatic N) is 2. The van der Waals surface area contributed by atoms with Gasteiger partial charge in [0.05, 0.1) is 12.2 Å². The van der Waals surface area contributed by atoms with Gasteiger partial charge < -0.3 is 9.64 Å². The second kappa shape index (κ2) is 7.57. The molecule has 1 N–H and O–H groups in total. The Labute approximate surface area is 141 Å². The Morgan fingerprint density at radius 3 is 2.79 bits per heavy atom. The Morgan fingerprint density at radius 2 is 2.08 bits per heavy atom. The fourth-order valence-corrected chi connectivity index (χ4v) is 3.15. The molecule has 0 aromatic heterocycles. The zero-order valence-corrected chi connectivity index (χ0v) is 13.9. The van der Waals surface area contributed by atoms with Gasteiger partial charge >= 0.3 is 0 Å². The summed E-state index contributed by atoms with van der Waals surface area (Å²) in [7, 11) is 0. The van der Waals surface area contributed by atoms with Crippen molar-refractivity contribution in [2.45, 2.75) is 44.8 Å². The van der Waals surface area contributed by atoms with Crippen molar-refractivity contribution in [1.29, 1.82) is 0 Å². The molecule has 3 rings (SSSR count). The van der Waals surface area contributed by atoms with E-state index in [0.717, 1.165) is 12.8 Å². The van der Waals surface area contributed by atoms with E-state index in [1.165, 1.54) is 5.56 Å². The Kier molecular flexibility index (Phi) is 5.25. The van der Waals surface area contributed by atoms with Gasteiger partial charge in [-0.05, 0) is 25.3 Å². The first kappa shape index (κ1) is 16.6. The predicted molar refractivity (Wildman–Crippen MR) is 90.5 cm³/mol. The topological polar surface area (TPSA) is 71.0 Å². The molecule has 2 amide bonds. The first-order chi connectivity index (χ1) is 11.6. The van der Waals surface area contributed by atoms with E-state index in [1.54, 1.807) is 4.90 Å². The third-order valence-electron chi connectivity index (χ3n) is 4.36. The molecule has 2 atom stereocenters. The van der Waals surface area contributed by atoms with Crippen LogP contribution in [0.25, 0.3) is 0 Å². The van der Waals surface area contributed by atoms with Crippen LogP contribution in [0, 0.1) is 0 Å². The van der Waals surface area contributed by atoms with Crippen LogP contribution in [0.2, 0.25) is 0 Å². The summed E-state index contributed by atoms with van der Waals surface area (Å²) < 4.78 is 5.99. The lowest BCUT2D eigenvalue weighted by atomic mass is 10.0. The molecule has 1 aromatic rings. The van der Waals surface area contributed by atoms with Crippen LogP contribution < -0.4 is 5.43 Å². The van der Waals surface area contributed by atoms with Crippen LogP contribution in [0.15, 0.2) is 35.4 Å². The first-order valence-electron chi connectivity index (χ1n) is 8.46. The van der Waals surface area contributed by atoms with Crippen molar-refractivity contribution < 1.29 is 14.3 Å². The number of hydrogen-bond donors (Lipinski definition) is 1. The second-order valence-electron chi connectivity index (χ2n) is 6.40. The van der Waals surface area contributed by atoms with Crippen molar-refractivity contribution in [3.8, 4) is 0 Å². The zero-order valence-electron chi connectivity index (χ0n) is 13.9. The largest absolute Gasteiger partial charge is 0.372 e. The Morgan fingerprint density at radius 1 is 1.29 bits per heavy atom. The van der Waals surface area contributed by atoms with E-state index in [-0.39, 0.29) is 24.0 Å². The lowest BCUT2D eigenvalue weighted by Crippen LogP contribution is -2.52. The monoisotopic (exact) mass is 329 g/mol. The van der Waals surface area contributed by atoms with Crippen molar-refractivity contribution >= 4 is 17.5 Å². The van der Waals surface area contributed by atoms with Crippen LogP contribution in [0.5, 0.6) is 0 Å². The fourth-order valence-electron chi connectivity index (χ4n) is 3.15. The number of ether oxygens (including phenoxy) is 1. The average molecular weight is 329 g/mol. The summed E-state index contributed by atoms with van der Waals surface area (Å²) in [6.45, 7) is 3.12. The van der Waals surface area contributed by atoms with Gasteiger partial charge in [0, 0.05) is 25.9 Å². The molecule has 1 saturated heterocycles. The molecule has 0 bridgehead atoms. The molecule has 2 aliphatic rings. The molecule has 24 heavy (non-hydrogen) atoms. The van der Waals surface area contributed by atoms with E-state index >= 15 is 0 Å². The van der Waals surface area contributed by atoms with Crippen molar-refractivity contribution in [2.24, 2.45) is 5.10 Å². The van der Waals surface area contributed by atoms with Crippen LogP contribution in [0.1, 0.15) is 31.7 Å². The summed E-state index contributed by atoms with van der Waals surface area (Å²) in [5.41, 5.74) is 4.10. The normalized spacial score (nSPS) is 24.3. The molecule has 1 fully saturated rings. The highest BCUT2D eigenvalue weighted by atomic mass is 16.5. The Hall–Kier alpha value is -2.21. The maximum atomic E-state index is 12.6. The molecule has 6 nitrogen and oxygen atoms in total. The number of hydrogen-bond acceptors (Lipinski definition) is 4. The van der Waals surface area contributed by atoms with Gasteiger partial charge in [0.15, 0.2) is 0 Å². The van der Waals surface area contributed by atoms with E-state index in [0.29, 0.717) is 31.6 Å². The van der Waals surface area contributed by atoms with Crippen molar-refractivity contribution in [3.05, 3.63) is 35.9 Å². The molecule has 0 radical (unpaired) electrons. The van der Waals surface area contributed by atoms with Gasteiger partial charge in [0.1, 0.15) is 5.71 Å².